The van der Waals surface area contributed by atoms with E-state index in [0.29, 0.717) is 62.3 Å². The Bertz CT molecular complexity index is 2540. The highest BCUT2D eigenvalue weighted by Gasteiger charge is 2.60. The lowest BCUT2D eigenvalue weighted by atomic mass is 9.89. The fourth-order valence-electron chi connectivity index (χ4n) is 7.74. The van der Waals surface area contributed by atoms with Crippen molar-refractivity contribution in [1.82, 2.24) is 44.3 Å². The molecule has 3 aliphatic carbocycles. The Labute approximate surface area is 471 Å². The fourth-order valence-corrected chi connectivity index (χ4v) is 11.1. The molecule has 3 aromatic carbocycles. The summed E-state index contributed by atoms with van der Waals surface area (Å²) in [5.41, 5.74) is -1.20. The van der Waals surface area contributed by atoms with Gasteiger partial charge in [0.15, 0.2) is 10.3 Å². The number of aromatic nitrogens is 9. The van der Waals surface area contributed by atoms with Gasteiger partial charge in [0, 0.05) is 71.6 Å². The van der Waals surface area contributed by atoms with E-state index in [1.54, 1.807) is 26.2 Å². The summed E-state index contributed by atoms with van der Waals surface area (Å²) in [7, 11) is 2.66. The molecular weight excluding hydrogens is 1320 g/mol. The third-order valence-corrected chi connectivity index (χ3v) is 17.9. The summed E-state index contributed by atoms with van der Waals surface area (Å²) in [6.07, 6.45) is 9.68. The molecule has 0 spiro atoms. The van der Waals surface area contributed by atoms with Crippen molar-refractivity contribution < 1.29 is 15.3 Å². The minimum absolute atomic E-state index is 0.143. The molecule has 0 amide bonds. The molecule has 368 valence electrons. The number of alkyl halides is 5. The zero-order valence-corrected chi connectivity index (χ0v) is 48.6. The molecule has 3 aliphatic rings. The maximum atomic E-state index is 11.9. The van der Waals surface area contributed by atoms with Gasteiger partial charge < -0.3 is 15.3 Å². The van der Waals surface area contributed by atoms with Gasteiger partial charge in [0.2, 0.25) is 4.77 Å². The Morgan fingerprint density at radius 3 is 1.21 bits per heavy atom. The van der Waals surface area contributed by atoms with Crippen molar-refractivity contribution in [2.75, 3.05) is 5.34 Å². The van der Waals surface area contributed by atoms with Crippen molar-refractivity contribution in [1.29, 1.82) is 0 Å². The largest absolute Gasteiger partial charge is 0.386 e. The van der Waals surface area contributed by atoms with Crippen LogP contribution in [0.3, 0.4) is 0 Å². The second-order valence-electron chi connectivity index (χ2n) is 16.7. The summed E-state index contributed by atoms with van der Waals surface area (Å²) < 4.78 is 5.34. The van der Waals surface area contributed by atoms with Crippen LogP contribution in [-0.4, -0.2) is 96.4 Å². The Balaban J connectivity index is 0.000000244. The minimum atomic E-state index is -1.29. The first-order valence-electron chi connectivity index (χ1n) is 20.8. The van der Waals surface area contributed by atoms with Gasteiger partial charge in [0.05, 0.1) is 39.6 Å². The normalized spacial score (nSPS) is 18.4. The van der Waals surface area contributed by atoms with Crippen LogP contribution < -0.4 is 0 Å². The smallest absolute Gasteiger partial charge is 0.215 e. The number of halogens is 10. The van der Waals surface area contributed by atoms with Gasteiger partial charge in [-0.25, -0.2) is 24.3 Å². The first-order chi connectivity index (χ1) is 32.4. The lowest BCUT2D eigenvalue weighted by Gasteiger charge is -2.34. The summed E-state index contributed by atoms with van der Waals surface area (Å²) in [4.78, 5) is 10.6. The zero-order chi connectivity index (χ0) is 49.4. The second kappa shape index (κ2) is 24.8. The van der Waals surface area contributed by atoms with Crippen molar-refractivity contribution in [3.05, 3.63) is 128 Å². The average molecular weight is 1370 g/mol. The second-order valence-corrected chi connectivity index (χ2v) is 23.3. The summed E-state index contributed by atoms with van der Waals surface area (Å²) in [6, 6.07) is 22.4. The van der Waals surface area contributed by atoms with Gasteiger partial charge in [-0.05, 0) is 107 Å². The van der Waals surface area contributed by atoms with E-state index in [1.165, 1.54) is 40.6 Å². The standard InChI is InChI=1S/C28H28Cl4N6O2S2.C14H15Cl2N3OS.CH2Cl2.I2/c29-21-7-3-1-5-19(21)13-27(39,25(31)9-10-25)15-37-23(33-17-35-37)41-42-24-34-18-36-38(24)16-28(40,26(32)11-12-26)14-20-6-2-4-8-22(20)30;15-11-4-2-1-3-10(11)7-14(20,13(16)5-6-13)8-19-12(21)17-9-18-19;2-1-3;1-2/h1-8,17-18,39-40H,9-16H2;1-4,9,20H,5-8H2,(H,17,18,21);1H2;. The zero-order valence-electron chi connectivity index (χ0n) is 35.8. The summed E-state index contributed by atoms with van der Waals surface area (Å²) >= 11 is 58.2. The number of nitrogens with zero attached hydrogens (tertiary/aromatic N) is 8. The maximum Gasteiger partial charge on any atom is 0.215 e. The van der Waals surface area contributed by atoms with E-state index in [4.69, 9.17) is 105 Å². The van der Waals surface area contributed by atoms with Crippen LogP contribution in [0.2, 0.25) is 15.1 Å². The molecule has 3 unspecified atom stereocenters. The monoisotopic (exact) mass is 1360 g/mol. The van der Waals surface area contributed by atoms with Gasteiger partial charge in [0.25, 0.3) is 0 Å². The fraction of sp³-hybridized carbons (Fsp3) is 0.442. The number of aliphatic hydroxyl groups is 3. The molecule has 0 aliphatic heterocycles. The molecule has 4 N–H and O–H groups in total. The third kappa shape index (κ3) is 14.1. The van der Waals surface area contributed by atoms with E-state index in [9.17, 15) is 15.3 Å². The highest BCUT2D eigenvalue weighted by atomic mass is 128. The highest BCUT2D eigenvalue weighted by Crippen LogP contribution is 2.55. The molecule has 3 heterocycles. The first kappa shape index (κ1) is 56.9. The van der Waals surface area contributed by atoms with Crippen LogP contribution in [0.15, 0.2) is 102 Å². The Morgan fingerprint density at radius 1 is 0.588 bits per heavy atom. The van der Waals surface area contributed by atoms with Crippen LogP contribution in [0.4, 0.5) is 0 Å². The van der Waals surface area contributed by atoms with Gasteiger partial charge in [-0.3, -0.25) is 9.78 Å². The predicted octanol–water partition coefficient (Wildman–Crippen LogP) is 13.0. The van der Waals surface area contributed by atoms with E-state index in [1.807, 2.05) is 60.7 Å². The average Bonchev–Trinajstić information content (AvgIpc) is 4.27. The summed E-state index contributed by atoms with van der Waals surface area (Å²) in [6.45, 7) is 0.549. The molecular formula is C43H45Cl8I2N9O3S3. The number of H-pyrrole nitrogens is 1. The van der Waals surface area contributed by atoms with Crippen LogP contribution in [0.1, 0.15) is 55.2 Å². The van der Waals surface area contributed by atoms with Gasteiger partial charge in [-0.2, -0.15) is 10.2 Å². The molecule has 3 saturated carbocycles. The van der Waals surface area contributed by atoms with Crippen molar-refractivity contribution in [2.45, 2.75) is 119 Å². The SMILES string of the molecule is ClCCl.II.OC(Cc1ccccc1Cl)(Cn1[nH]cnc1=S)C1(Cl)CC1.OC(Cc1ccccc1Cl)(Cn1ncnc1SSc1ncnn1CC(O)(Cc1ccccc1Cl)C1(Cl)CC1)C1(Cl)CC1. The van der Waals surface area contributed by atoms with Crippen LogP contribution in [-0.2, 0) is 38.9 Å². The molecule has 12 nitrogen and oxygen atoms in total. The molecule has 25 heteroatoms. The number of nitrogens with one attached hydrogen (secondary N) is 1. The lowest BCUT2D eigenvalue weighted by Crippen LogP contribution is -2.47. The Morgan fingerprint density at radius 2 is 0.912 bits per heavy atom. The van der Waals surface area contributed by atoms with E-state index in [-0.39, 0.29) is 37.8 Å². The topological polar surface area (TPSA) is 156 Å². The van der Waals surface area contributed by atoms with E-state index in [0.717, 1.165) is 29.5 Å². The van der Waals surface area contributed by atoms with Gasteiger partial charge in [-0.1, -0.05) is 89.4 Å². The lowest BCUT2D eigenvalue weighted by molar-refractivity contribution is 0.00486. The van der Waals surface area contributed by atoms with Gasteiger partial charge in [0.1, 0.15) is 35.8 Å². The number of hydrogen-bond acceptors (Lipinski definition) is 11. The maximum absolute atomic E-state index is 11.9. The number of hydrogen-bond donors (Lipinski definition) is 4. The van der Waals surface area contributed by atoms with Gasteiger partial charge >= 0.3 is 0 Å². The molecule has 6 aromatic rings. The predicted molar refractivity (Wildman–Crippen MR) is 298 cm³/mol. The van der Waals surface area contributed by atoms with E-state index >= 15 is 0 Å². The Kier molecular flexibility index (Phi) is 20.8. The highest BCUT2D eigenvalue weighted by molar-refractivity contribution is 15.0. The molecule has 9 rings (SSSR count). The van der Waals surface area contributed by atoms with Gasteiger partial charge in [-0.15, -0.1) is 58.0 Å². The van der Waals surface area contributed by atoms with Crippen molar-refractivity contribution in [3.63, 3.8) is 0 Å². The van der Waals surface area contributed by atoms with Crippen molar-refractivity contribution >= 4 is 164 Å². The Hall–Kier alpha value is -0.340. The van der Waals surface area contributed by atoms with E-state index in [2.05, 4.69) is 67.5 Å². The number of aromatic amines is 1. The van der Waals surface area contributed by atoms with Crippen molar-refractivity contribution in [2.24, 2.45) is 0 Å². The quantitative estimate of drug-likeness (QED) is 0.0281. The van der Waals surface area contributed by atoms with Crippen LogP contribution >= 0.6 is 164 Å². The number of benzene rings is 3. The molecule has 0 saturated heterocycles. The first-order valence-corrected chi connectivity index (χ1v) is 33.0. The molecule has 68 heavy (non-hydrogen) atoms. The molecule has 3 fully saturated rings. The minimum Gasteiger partial charge on any atom is -0.386 e. The number of rotatable bonds is 18. The van der Waals surface area contributed by atoms with Crippen LogP contribution in [0.25, 0.3) is 0 Å². The molecule has 0 radical (unpaired) electrons. The molecule has 3 atom stereocenters. The summed E-state index contributed by atoms with van der Waals surface area (Å²) in [5, 5.41) is 49.7. The summed E-state index contributed by atoms with van der Waals surface area (Å²) in [5.74, 6) is 0. The molecule has 0 bridgehead atoms. The van der Waals surface area contributed by atoms with Crippen molar-refractivity contribution in [3.8, 4) is 0 Å². The van der Waals surface area contributed by atoms with Crippen LogP contribution in [0, 0.1) is 4.77 Å². The van der Waals surface area contributed by atoms with Crippen LogP contribution in [0.5, 0.6) is 0 Å². The third-order valence-electron chi connectivity index (χ3n) is 12.1. The van der Waals surface area contributed by atoms with E-state index < -0.39 is 31.4 Å². The molecule has 3 aromatic heterocycles.